The molecule has 2 nitrogen and oxygen atoms in total. The van der Waals surface area contributed by atoms with Crippen molar-refractivity contribution in [3.05, 3.63) is 15.9 Å². The molecule has 0 aliphatic carbocycles. The average molecular weight is 357 g/mol. The fraction of sp³-hybridized carbons (Fsp3) is 0.833. The molecule has 0 amide bonds. The summed E-state index contributed by atoms with van der Waals surface area (Å²) < 4.78 is 3.07. The van der Waals surface area contributed by atoms with E-state index in [0.717, 1.165) is 4.60 Å². The van der Waals surface area contributed by atoms with Crippen molar-refractivity contribution in [2.75, 3.05) is 0 Å². The summed E-state index contributed by atoms with van der Waals surface area (Å²) in [6.07, 6.45) is 11.9. The zero-order valence-electron chi connectivity index (χ0n) is 14.6. The number of aryl methyl sites for hydroxylation is 1. The van der Waals surface area contributed by atoms with Gasteiger partial charge < -0.3 is 0 Å². The molecule has 1 atom stereocenters. The van der Waals surface area contributed by atoms with Crippen LogP contribution in [0.1, 0.15) is 89.8 Å². The summed E-state index contributed by atoms with van der Waals surface area (Å²) in [4.78, 5) is 0. The molecule has 122 valence electrons. The van der Waals surface area contributed by atoms with Gasteiger partial charge in [0.1, 0.15) is 4.60 Å². The molecule has 0 saturated heterocycles. The van der Waals surface area contributed by atoms with Gasteiger partial charge in [-0.05, 0) is 41.1 Å². The molecular weight excluding hydrogens is 324 g/mol. The van der Waals surface area contributed by atoms with Gasteiger partial charge in [-0.3, -0.25) is 4.68 Å². The molecule has 0 aliphatic heterocycles. The molecule has 1 aromatic heterocycles. The van der Waals surface area contributed by atoms with Gasteiger partial charge in [-0.25, -0.2) is 0 Å². The van der Waals surface area contributed by atoms with E-state index in [1.807, 2.05) is 11.7 Å². The lowest BCUT2D eigenvalue weighted by Gasteiger charge is -2.30. The summed E-state index contributed by atoms with van der Waals surface area (Å²) in [7, 11) is 2.05. The summed E-state index contributed by atoms with van der Waals surface area (Å²) >= 11 is 3.70. The monoisotopic (exact) mass is 356 g/mol. The van der Waals surface area contributed by atoms with E-state index in [-0.39, 0.29) is 5.41 Å². The number of hydrogen-bond acceptors (Lipinski definition) is 1. The Bertz CT molecular complexity index is 425. The summed E-state index contributed by atoms with van der Waals surface area (Å²) in [5, 5.41) is 4.58. The van der Waals surface area contributed by atoms with Crippen molar-refractivity contribution in [3.8, 4) is 0 Å². The number of halogens is 1. The number of unbranched alkanes of at least 4 members (excludes halogenated alkanes) is 5. The fourth-order valence-electron chi connectivity index (χ4n) is 3.34. The van der Waals surface area contributed by atoms with Crippen LogP contribution in [0.3, 0.4) is 0 Å². The molecule has 1 unspecified atom stereocenters. The largest absolute Gasteiger partial charge is 0.272 e. The Morgan fingerprint density at radius 2 is 1.52 bits per heavy atom. The molecule has 1 rings (SSSR count). The van der Waals surface area contributed by atoms with Gasteiger partial charge in [-0.15, -0.1) is 0 Å². The minimum absolute atomic E-state index is 0.264. The summed E-state index contributed by atoms with van der Waals surface area (Å²) in [6.45, 7) is 9.21. The lowest BCUT2D eigenvalue weighted by atomic mass is 9.74. The van der Waals surface area contributed by atoms with Gasteiger partial charge in [0, 0.05) is 18.3 Å². The first kappa shape index (κ1) is 18.7. The molecule has 0 aliphatic rings. The molecule has 1 aromatic rings. The van der Waals surface area contributed by atoms with Crippen molar-refractivity contribution in [3.63, 3.8) is 0 Å². The zero-order chi connectivity index (χ0) is 15.9. The van der Waals surface area contributed by atoms with E-state index in [4.69, 9.17) is 0 Å². The first-order valence-corrected chi connectivity index (χ1v) is 9.45. The maximum Gasteiger partial charge on any atom is 0.132 e. The highest BCUT2D eigenvalue weighted by Crippen LogP contribution is 2.40. The van der Waals surface area contributed by atoms with E-state index in [2.05, 4.69) is 48.7 Å². The third-order valence-corrected chi connectivity index (χ3v) is 5.36. The van der Waals surface area contributed by atoms with E-state index in [1.54, 1.807) is 0 Å². The second-order valence-corrected chi connectivity index (χ2v) is 7.45. The minimum Gasteiger partial charge on any atom is -0.272 e. The first-order valence-electron chi connectivity index (χ1n) is 8.65. The van der Waals surface area contributed by atoms with Crippen LogP contribution >= 0.6 is 15.9 Å². The van der Waals surface area contributed by atoms with Crippen LogP contribution in [-0.4, -0.2) is 9.78 Å². The minimum atomic E-state index is 0.264. The van der Waals surface area contributed by atoms with Gasteiger partial charge in [0.2, 0.25) is 0 Å². The molecule has 0 spiro atoms. The molecule has 1 heterocycles. The fourth-order valence-corrected chi connectivity index (χ4v) is 4.34. The van der Waals surface area contributed by atoms with Crippen LogP contribution in [0.5, 0.6) is 0 Å². The van der Waals surface area contributed by atoms with Gasteiger partial charge in [-0.2, -0.15) is 5.10 Å². The first-order chi connectivity index (χ1) is 9.96. The van der Waals surface area contributed by atoms with Gasteiger partial charge in [-0.1, -0.05) is 65.7 Å². The number of rotatable bonds is 10. The van der Waals surface area contributed by atoms with Gasteiger partial charge >= 0.3 is 0 Å². The molecule has 0 saturated carbocycles. The maximum absolute atomic E-state index is 4.58. The Hall–Kier alpha value is -0.310. The van der Waals surface area contributed by atoms with Crippen molar-refractivity contribution in [2.45, 2.75) is 90.9 Å². The number of aromatic nitrogens is 2. The second-order valence-electron chi connectivity index (χ2n) is 6.70. The van der Waals surface area contributed by atoms with Crippen LogP contribution in [0.2, 0.25) is 0 Å². The van der Waals surface area contributed by atoms with Crippen molar-refractivity contribution in [1.29, 1.82) is 0 Å². The predicted molar refractivity (Wildman–Crippen MR) is 95.9 cm³/mol. The van der Waals surface area contributed by atoms with Crippen LogP contribution in [0, 0.1) is 6.92 Å². The third kappa shape index (κ3) is 5.12. The van der Waals surface area contributed by atoms with E-state index < -0.39 is 0 Å². The summed E-state index contributed by atoms with van der Waals surface area (Å²) in [6, 6.07) is 0. The van der Waals surface area contributed by atoms with E-state index in [1.165, 1.54) is 69.0 Å². The lowest BCUT2D eigenvalue weighted by molar-refractivity contribution is 0.362. The van der Waals surface area contributed by atoms with Gasteiger partial charge in [0.15, 0.2) is 0 Å². The highest BCUT2D eigenvalue weighted by molar-refractivity contribution is 9.10. The normalized spacial score (nSPS) is 14.4. The standard InChI is InChI=1S/C18H33BrN2/c1-6-8-10-12-14-18(4,13-11-9-7-2)16-15(3)21(5)20-17(16)19/h6-14H2,1-5H3. The van der Waals surface area contributed by atoms with Crippen LogP contribution in [-0.2, 0) is 12.5 Å². The van der Waals surface area contributed by atoms with E-state index in [0.29, 0.717) is 0 Å². The van der Waals surface area contributed by atoms with Crippen molar-refractivity contribution in [2.24, 2.45) is 7.05 Å². The van der Waals surface area contributed by atoms with Crippen LogP contribution in [0.15, 0.2) is 4.60 Å². The number of nitrogens with zero attached hydrogens (tertiary/aromatic N) is 2. The zero-order valence-corrected chi connectivity index (χ0v) is 16.2. The molecule has 0 fully saturated rings. The highest BCUT2D eigenvalue weighted by Gasteiger charge is 2.31. The summed E-state index contributed by atoms with van der Waals surface area (Å²) in [5.41, 5.74) is 3.02. The van der Waals surface area contributed by atoms with Crippen LogP contribution in [0.4, 0.5) is 0 Å². The Morgan fingerprint density at radius 1 is 1.00 bits per heavy atom. The average Bonchev–Trinajstić information content (AvgIpc) is 2.69. The second kappa shape index (κ2) is 8.97. The van der Waals surface area contributed by atoms with Crippen molar-refractivity contribution >= 4 is 15.9 Å². The molecule has 0 radical (unpaired) electrons. The van der Waals surface area contributed by atoms with Crippen molar-refractivity contribution < 1.29 is 0 Å². The van der Waals surface area contributed by atoms with Gasteiger partial charge in [0.05, 0.1) is 0 Å². The van der Waals surface area contributed by atoms with Crippen LogP contribution < -0.4 is 0 Å². The number of hydrogen-bond donors (Lipinski definition) is 0. The van der Waals surface area contributed by atoms with E-state index >= 15 is 0 Å². The Balaban J connectivity index is 2.88. The molecule has 0 aromatic carbocycles. The summed E-state index contributed by atoms with van der Waals surface area (Å²) in [5.74, 6) is 0. The smallest absolute Gasteiger partial charge is 0.132 e. The Morgan fingerprint density at radius 3 is 2.00 bits per heavy atom. The van der Waals surface area contributed by atoms with Crippen molar-refractivity contribution in [1.82, 2.24) is 9.78 Å². The maximum atomic E-state index is 4.58. The quantitative estimate of drug-likeness (QED) is 0.449. The van der Waals surface area contributed by atoms with Crippen LogP contribution in [0.25, 0.3) is 0 Å². The highest BCUT2D eigenvalue weighted by atomic mass is 79.9. The Labute approximate surface area is 139 Å². The molecule has 21 heavy (non-hydrogen) atoms. The third-order valence-electron chi connectivity index (χ3n) is 4.81. The van der Waals surface area contributed by atoms with Gasteiger partial charge in [0.25, 0.3) is 0 Å². The topological polar surface area (TPSA) is 17.8 Å². The lowest BCUT2D eigenvalue weighted by Crippen LogP contribution is -2.23. The molecule has 0 bridgehead atoms. The van der Waals surface area contributed by atoms with E-state index in [9.17, 15) is 0 Å². The molecular formula is C18H33BrN2. The molecule has 3 heteroatoms. The molecule has 0 N–H and O–H groups in total. The predicted octanol–water partition coefficient (Wildman–Crippen LogP) is 6.30. The SMILES string of the molecule is CCCCCCC(C)(CCCCC)c1c(Br)nn(C)c1C. The Kier molecular flexibility index (Phi) is 8.00.